The first-order valence-corrected chi connectivity index (χ1v) is 7.22. The van der Waals surface area contributed by atoms with E-state index in [9.17, 15) is 0 Å². The molecule has 112 valence electrons. The minimum Gasteiger partial charge on any atom is -0.475 e. The summed E-state index contributed by atoms with van der Waals surface area (Å²) in [4.78, 5) is 4.27. The van der Waals surface area contributed by atoms with Crippen molar-refractivity contribution >= 4 is 5.69 Å². The molecule has 0 unspecified atom stereocenters. The Kier molecular flexibility index (Phi) is 6.03. The van der Waals surface area contributed by atoms with Gasteiger partial charge in [-0.3, -0.25) is 0 Å². The van der Waals surface area contributed by atoms with Gasteiger partial charge in [0.05, 0.1) is 18.5 Å². The molecule has 21 heavy (non-hydrogen) atoms. The van der Waals surface area contributed by atoms with Crippen molar-refractivity contribution in [2.24, 2.45) is 0 Å². The number of benzene rings is 1. The average Bonchev–Trinajstić information content (AvgIpc) is 2.54. The van der Waals surface area contributed by atoms with Crippen molar-refractivity contribution in [2.45, 2.75) is 19.9 Å². The molecule has 0 spiro atoms. The monoisotopic (exact) mass is 286 g/mol. The highest BCUT2D eigenvalue weighted by Gasteiger charge is 2.01. The highest BCUT2D eigenvalue weighted by Crippen LogP contribution is 2.15. The number of rotatable bonds is 8. The molecule has 2 rings (SSSR count). The zero-order valence-corrected chi connectivity index (χ0v) is 12.6. The van der Waals surface area contributed by atoms with Gasteiger partial charge in [0.1, 0.15) is 6.61 Å². The van der Waals surface area contributed by atoms with E-state index in [0.29, 0.717) is 19.1 Å². The number of hydrogen-bond acceptors (Lipinski definition) is 4. The Morgan fingerprint density at radius 3 is 2.52 bits per heavy atom. The Balaban J connectivity index is 1.88. The predicted molar refractivity (Wildman–Crippen MR) is 84.8 cm³/mol. The fourth-order valence-corrected chi connectivity index (χ4v) is 2.07. The van der Waals surface area contributed by atoms with Gasteiger partial charge in [0.25, 0.3) is 0 Å². The number of aromatic nitrogens is 1. The third kappa shape index (κ3) is 4.76. The van der Waals surface area contributed by atoms with Crippen molar-refractivity contribution < 1.29 is 9.47 Å². The molecule has 0 saturated carbocycles. The first-order chi connectivity index (χ1) is 10.3. The fraction of sp³-hybridized carbons (Fsp3) is 0.353. The molecular formula is C17H22N2O2. The summed E-state index contributed by atoms with van der Waals surface area (Å²) < 4.78 is 10.4. The maximum atomic E-state index is 5.44. The number of methoxy groups -OCH3 is 1. The SMILES string of the molecule is CCc1ccccc1CNc1ccc(OCCOC)nc1. The molecule has 0 bridgehead atoms. The smallest absolute Gasteiger partial charge is 0.213 e. The average molecular weight is 286 g/mol. The minimum absolute atomic E-state index is 0.514. The molecule has 0 radical (unpaired) electrons. The minimum atomic E-state index is 0.514. The molecule has 1 heterocycles. The van der Waals surface area contributed by atoms with Crippen LogP contribution in [0.2, 0.25) is 0 Å². The van der Waals surface area contributed by atoms with Crippen LogP contribution in [0.4, 0.5) is 5.69 Å². The van der Waals surface area contributed by atoms with E-state index in [4.69, 9.17) is 9.47 Å². The van der Waals surface area contributed by atoms with Crippen LogP contribution in [0.25, 0.3) is 0 Å². The summed E-state index contributed by atoms with van der Waals surface area (Å²) in [5.74, 6) is 0.617. The zero-order chi connectivity index (χ0) is 14.9. The van der Waals surface area contributed by atoms with Crippen LogP contribution in [0.5, 0.6) is 5.88 Å². The summed E-state index contributed by atoms with van der Waals surface area (Å²) in [6, 6.07) is 12.3. The second-order valence-corrected chi connectivity index (χ2v) is 4.70. The normalized spacial score (nSPS) is 10.4. The number of nitrogens with one attached hydrogen (secondary N) is 1. The third-order valence-corrected chi connectivity index (χ3v) is 3.26. The van der Waals surface area contributed by atoms with E-state index in [1.54, 1.807) is 13.3 Å². The summed E-state index contributed by atoms with van der Waals surface area (Å²) >= 11 is 0. The summed E-state index contributed by atoms with van der Waals surface area (Å²) in [5.41, 5.74) is 3.68. The molecule has 1 aromatic carbocycles. The molecule has 0 aliphatic heterocycles. The molecule has 0 saturated heterocycles. The first kappa shape index (κ1) is 15.3. The third-order valence-electron chi connectivity index (χ3n) is 3.26. The van der Waals surface area contributed by atoms with Gasteiger partial charge in [-0.2, -0.15) is 0 Å². The Morgan fingerprint density at radius 1 is 1.05 bits per heavy atom. The van der Waals surface area contributed by atoms with Crippen molar-refractivity contribution in [1.29, 1.82) is 0 Å². The maximum absolute atomic E-state index is 5.44. The van der Waals surface area contributed by atoms with Crippen LogP contribution in [-0.2, 0) is 17.7 Å². The van der Waals surface area contributed by atoms with Gasteiger partial charge in [0.2, 0.25) is 5.88 Å². The van der Waals surface area contributed by atoms with Gasteiger partial charge in [-0.05, 0) is 23.6 Å². The van der Waals surface area contributed by atoms with Gasteiger partial charge in [-0.15, -0.1) is 0 Å². The molecule has 0 aliphatic carbocycles. The lowest BCUT2D eigenvalue weighted by atomic mass is 10.1. The Hall–Kier alpha value is -2.07. The summed E-state index contributed by atoms with van der Waals surface area (Å²) in [5, 5.41) is 3.39. The van der Waals surface area contributed by atoms with Gasteiger partial charge in [-0.1, -0.05) is 31.2 Å². The number of ether oxygens (including phenoxy) is 2. The molecule has 0 atom stereocenters. The second kappa shape index (κ2) is 8.27. The van der Waals surface area contributed by atoms with Gasteiger partial charge in [0, 0.05) is 19.7 Å². The molecule has 2 aromatic rings. The molecule has 1 aromatic heterocycles. The molecule has 4 heteroatoms. The molecular weight excluding hydrogens is 264 g/mol. The molecule has 1 N–H and O–H groups in total. The van der Waals surface area contributed by atoms with Crippen molar-refractivity contribution in [3.8, 4) is 5.88 Å². The van der Waals surface area contributed by atoms with Crippen LogP contribution >= 0.6 is 0 Å². The lowest BCUT2D eigenvalue weighted by molar-refractivity contribution is 0.144. The number of anilines is 1. The lowest BCUT2D eigenvalue weighted by Gasteiger charge is -2.10. The van der Waals surface area contributed by atoms with Crippen LogP contribution in [0.3, 0.4) is 0 Å². The zero-order valence-electron chi connectivity index (χ0n) is 12.6. The van der Waals surface area contributed by atoms with E-state index in [1.807, 2.05) is 12.1 Å². The Bertz CT molecular complexity index is 541. The van der Waals surface area contributed by atoms with Crippen LogP contribution < -0.4 is 10.1 Å². The van der Waals surface area contributed by atoms with E-state index < -0.39 is 0 Å². The quantitative estimate of drug-likeness (QED) is 0.756. The van der Waals surface area contributed by atoms with E-state index in [2.05, 4.69) is 41.5 Å². The number of hydrogen-bond donors (Lipinski definition) is 1. The van der Waals surface area contributed by atoms with Crippen LogP contribution in [0.1, 0.15) is 18.1 Å². The Morgan fingerprint density at radius 2 is 1.86 bits per heavy atom. The number of nitrogens with zero attached hydrogens (tertiary/aromatic N) is 1. The standard InChI is InChI=1S/C17H22N2O2/c1-3-14-6-4-5-7-15(14)12-18-16-8-9-17(19-13-16)21-11-10-20-2/h4-9,13,18H,3,10-12H2,1-2H3. The molecule has 4 nitrogen and oxygen atoms in total. The van der Waals surface area contributed by atoms with Crippen molar-refractivity contribution in [1.82, 2.24) is 4.98 Å². The maximum Gasteiger partial charge on any atom is 0.213 e. The fourth-order valence-electron chi connectivity index (χ4n) is 2.07. The van der Waals surface area contributed by atoms with E-state index >= 15 is 0 Å². The predicted octanol–water partition coefficient (Wildman–Crippen LogP) is 3.28. The van der Waals surface area contributed by atoms with Gasteiger partial charge >= 0.3 is 0 Å². The van der Waals surface area contributed by atoms with Crippen LogP contribution in [0.15, 0.2) is 42.6 Å². The topological polar surface area (TPSA) is 43.4 Å². The largest absolute Gasteiger partial charge is 0.475 e. The van der Waals surface area contributed by atoms with Crippen molar-refractivity contribution in [3.63, 3.8) is 0 Å². The van der Waals surface area contributed by atoms with E-state index in [1.165, 1.54) is 11.1 Å². The van der Waals surface area contributed by atoms with Gasteiger partial charge < -0.3 is 14.8 Å². The van der Waals surface area contributed by atoms with E-state index in [0.717, 1.165) is 18.7 Å². The molecule has 0 amide bonds. The van der Waals surface area contributed by atoms with Crippen LogP contribution in [-0.4, -0.2) is 25.3 Å². The summed E-state index contributed by atoms with van der Waals surface area (Å²) in [6.07, 6.45) is 2.83. The highest BCUT2D eigenvalue weighted by molar-refractivity contribution is 5.43. The molecule has 0 aliphatic rings. The van der Waals surface area contributed by atoms with Crippen molar-refractivity contribution in [3.05, 3.63) is 53.7 Å². The highest BCUT2D eigenvalue weighted by atomic mass is 16.5. The Labute approximate surface area is 126 Å². The van der Waals surface area contributed by atoms with Gasteiger partial charge in [-0.25, -0.2) is 4.98 Å². The first-order valence-electron chi connectivity index (χ1n) is 7.22. The van der Waals surface area contributed by atoms with Gasteiger partial charge in [0.15, 0.2) is 0 Å². The lowest BCUT2D eigenvalue weighted by Crippen LogP contribution is -2.06. The second-order valence-electron chi connectivity index (χ2n) is 4.70. The number of aryl methyl sites for hydroxylation is 1. The number of pyridine rings is 1. The molecule has 0 fully saturated rings. The van der Waals surface area contributed by atoms with E-state index in [-0.39, 0.29) is 0 Å². The summed E-state index contributed by atoms with van der Waals surface area (Å²) in [7, 11) is 1.65. The van der Waals surface area contributed by atoms with Crippen molar-refractivity contribution in [2.75, 3.05) is 25.6 Å². The van der Waals surface area contributed by atoms with Crippen LogP contribution in [0, 0.1) is 0 Å². The summed E-state index contributed by atoms with van der Waals surface area (Å²) in [6.45, 7) is 4.05.